The average Bonchev–Trinajstić information content (AvgIpc) is 3.57. The molecule has 1 saturated carbocycles. The molecular formula is C27H50OS2. The molecule has 5 unspecified atom stereocenters. The molecule has 2 bridgehead atoms. The summed E-state index contributed by atoms with van der Waals surface area (Å²) < 4.78 is 8.26. The third kappa shape index (κ3) is 4.84. The summed E-state index contributed by atoms with van der Waals surface area (Å²) in [6.07, 6.45) is 28.2. The summed E-state index contributed by atoms with van der Waals surface area (Å²) in [5.41, 5.74) is 0. The van der Waals surface area contributed by atoms with Gasteiger partial charge in [0.15, 0.2) is 0 Å². The Labute approximate surface area is 191 Å². The van der Waals surface area contributed by atoms with Gasteiger partial charge in [-0.1, -0.05) is 83.6 Å². The van der Waals surface area contributed by atoms with Crippen molar-refractivity contribution in [2.24, 2.45) is 0 Å². The summed E-state index contributed by atoms with van der Waals surface area (Å²) in [6.45, 7) is 6.21. The average molecular weight is 455 g/mol. The van der Waals surface area contributed by atoms with Gasteiger partial charge in [0.1, 0.15) is 0 Å². The minimum absolute atomic E-state index is 0.693. The lowest BCUT2D eigenvalue weighted by atomic mass is 9.93. The number of rotatable bonds is 14. The number of fused-ring (bicyclic) bond motifs is 1. The molecule has 30 heavy (non-hydrogen) atoms. The van der Waals surface area contributed by atoms with Crippen molar-refractivity contribution in [1.82, 2.24) is 0 Å². The molecule has 0 aromatic rings. The molecule has 1 aliphatic carbocycles. The highest BCUT2D eigenvalue weighted by molar-refractivity contribution is 8.49. The Bertz CT molecular complexity index is 565. The maximum atomic E-state index is 7.56. The van der Waals surface area contributed by atoms with Gasteiger partial charge in [-0.05, 0) is 44.9 Å². The predicted molar refractivity (Wildman–Crippen MR) is 140 cm³/mol. The van der Waals surface area contributed by atoms with Crippen molar-refractivity contribution < 1.29 is 3.63 Å². The van der Waals surface area contributed by atoms with Gasteiger partial charge < -0.3 is 0 Å². The van der Waals surface area contributed by atoms with Crippen molar-refractivity contribution in [3.05, 3.63) is 12.7 Å². The van der Waals surface area contributed by atoms with E-state index in [1.165, 1.54) is 126 Å². The lowest BCUT2D eigenvalue weighted by Gasteiger charge is -2.41. The van der Waals surface area contributed by atoms with Crippen molar-refractivity contribution in [2.75, 3.05) is 17.3 Å². The van der Waals surface area contributed by atoms with Crippen LogP contribution in [0.25, 0.3) is 0 Å². The second-order valence-electron chi connectivity index (χ2n) is 10.9. The van der Waals surface area contributed by atoms with Gasteiger partial charge in [0, 0.05) is 32.5 Å². The summed E-state index contributed by atoms with van der Waals surface area (Å²) in [5.74, 6) is 4.46. The first-order chi connectivity index (χ1) is 14.7. The largest absolute Gasteiger partial charge is 0.289 e. The van der Waals surface area contributed by atoms with Crippen LogP contribution in [-0.4, -0.2) is 32.5 Å². The molecule has 0 aromatic carbocycles. The molecule has 4 rings (SSSR count). The number of allylic oxidation sites excluding steroid dienone is 1. The van der Waals surface area contributed by atoms with Crippen LogP contribution in [0.1, 0.15) is 122 Å². The van der Waals surface area contributed by atoms with Crippen molar-refractivity contribution in [2.45, 2.75) is 138 Å². The van der Waals surface area contributed by atoms with Crippen LogP contribution in [0.15, 0.2) is 12.7 Å². The van der Waals surface area contributed by atoms with Crippen LogP contribution < -0.4 is 0 Å². The van der Waals surface area contributed by atoms with E-state index < -0.39 is 20.6 Å². The smallest absolute Gasteiger partial charge is 0.0335 e. The number of hydrogen-bond acceptors (Lipinski definition) is 1. The van der Waals surface area contributed by atoms with Crippen molar-refractivity contribution >= 4 is 20.6 Å². The van der Waals surface area contributed by atoms with E-state index in [-0.39, 0.29) is 0 Å². The normalized spacial score (nSPS) is 43.5. The molecule has 3 aliphatic heterocycles. The van der Waals surface area contributed by atoms with Crippen LogP contribution in [0.3, 0.4) is 0 Å². The van der Waals surface area contributed by atoms with Gasteiger partial charge in [-0.2, -0.15) is 0 Å². The summed E-state index contributed by atoms with van der Waals surface area (Å²) in [5, 5.41) is 2.05. The van der Waals surface area contributed by atoms with Gasteiger partial charge in [-0.3, -0.25) is 3.63 Å². The Balaban J connectivity index is 1.35. The molecule has 1 spiro atoms. The third-order valence-electron chi connectivity index (χ3n) is 8.71. The van der Waals surface area contributed by atoms with Crippen LogP contribution in [-0.2, 0) is 3.63 Å². The molecule has 0 amide bonds. The van der Waals surface area contributed by atoms with E-state index in [9.17, 15) is 0 Å². The van der Waals surface area contributed by atoms with Crippen LogP contribution in [0, 0.1) is 0 Å². The summed E-state index contributed by atoms with van der Waals surface area (Å²) in [6, 6.07) is 0. The minimum Gasteiger partial charge on any atom is -0.289 e. The highest BCUT2D eigenvalue weighted by atomic mass is 32.3. The highest BCUT2D eigenvalue weighted by Crippen LogP contribution is 2.97. The first kappa shape index (κ1) is 23.6. The van der Waals surface area contributed by atoms with Crippen LogP contribution >= 0.6 is 20.6 Å². The Morgan fingerprint density at radius 3 is 2.43 bits per heavy atom. The topological polar surface area (TPSA) is 9.23 Å². The van der Waals surface area contributed by atoms with E-state index in [0.29, 0.717) is 4.75 Å². The van der Waals surface area contributed by atoms with E-state index in [1.54, 1.807) is 6.42 Å². The second kappa shape index (κ2) is 10.6. The Morgan fingerprint density at radius 2 is 1.60 bits per heavy atom. The maximum Gasteiger partial charge on any atom is 0.0335 e. The Hall–Kier alpha value is 0.400. The molecular weight excluding hydrogens is 404 g/mol. The SMILES string of the molecule is C=CCCCCCCS12CC13CCCCCCC1C(C3)S1(CCCCCCCC)O2. The van der Waals surface area contributed by atoms with Crippen molar-refractivity contribution in [3.63, 3.8) is 0 Å². The Kier molecular flexibility index (Phi) is 8.29. The summed E-state index contributed by atoms with van der Waals surface area (Å²) in [7, 11) is -1.41. The fraction of sp³-hybridized carbons (Fsp3) is 0.926. The summed E-state index contributed by atoms with van der Waals surface area (Å²) in [4.78, 5) is 0. The molecule has 3 heterocycles. The van der Waals surface area contributed by atoms with Crippen LogP contribution in [0.5, 0.6) is 0 Å². The first-order valence-electron chi connectivity index (χ1n) is 13.6. The molecule has 1 nitrogen and oxygen atoms in total. The van der Waals surface area contributed by atoms with E-state index >= 15 is 0 Å². The zero-order chi connectivity index (χ0) is 20.9. The zero-order valence-electron chi connectivity index (χ0n) is 20.0. The van der Waals surface area contributed by atoms with Gasteiger partial charge in [0.2, 0.25) is 0 Å². The lowest BCUT2D eigenvalue weighted by Crippen LogP contribution is -2.22. The number of unbranched alkanes of at least 4 members (excludes halogenated alkanes) is 9. The summed E-state index contributed by atoms with van der Waals surface area (Å²) >= 11 is 0. The standard InChI is InChI=1S/C27H50OS2/c1-3-5-7-9-13-17-21-29-24-27(29)20-16-12-11-15-19-25-26(23-27)30(25,28-29)22-18-14-10-8-6-4-2/h3,25-26H,1,4-24H2,2H3. The van der Waals surface area contributed by atoms with Crippen molar-refractivity contribution in [1.29, 1.82) is 0 Å². The quantitative estimate of drug-likeness (QED) is 0.144. The number of hydrogen-bond donors (Lipinski definition) is 0. The molecule has 0 aromatic heterocycles. The Morgan fingerprint density at radius 1 is 0.867 bits per heavy atom. The molecule has 4 aliphatic rings. The molecule has 3 saturated heterocycles. The van der Waals surface area contributed by atoms with Crippen molar-refractivity contribution in [3.8, 4) is 0 Å². The molecule has 3 heteroatoms. The molecule has 176 valence electrons. The van der Waals surface area contributed by atoms with Gasteiger partial charge in [-0.15, -0.1) is 27.2 Å². The second-order valence-corrected chi connectivity index (χ2v) is 17.8. The van der Waals surface area contributed by atoms with Gasteiger partial charge in [0.05, 0.1) is 0 Å². The van der Waals surface area contributed by atoms with Gasteiger partial charge in [-0.25, -0.2) is 0 Å². The highest BCUT2D eigenvalue weighted by Gasteiger charge is 2.77. The van der Waals surface area contributed by atoms with E-state index in [2.05, 4.69) is 19.6 Å². The molecule has 4 fully saturated rings. The van der Waals surface area contributed by atoms with E-state index in [4.69, 9.17) is 3.63 Å². The van der Waals surface area contributed by atoms with E-state index in [1.807, 2.05) is 0 Å². The van der Waals surface area contributed by atoms with Gasteiger partial charge >= 0.3 is 0 Å². The zero-order valence-corrected chi connectivity index (χ0v) is 21.6. The van der Waals surface area contributed by atoms with Gasteiger partial charge in [0.25, 0.3) is 0 Å². The predicted octanol–water partition coefficient (Wildman–Crippen LogP) is 9.20. The molecule has 0 radical (unpaired) electrons. The fourth-order valence-electron chi connectivity index (χ4n) is 6.78. The van der Waals surface area contributed by atoms with E-state index in [0.717, 1.165) is 10.5 Å². The molecule has 5 atom stereocenters. The first-order valence-corrected chi connectivity index (χ1v) is 17.4. The molecule has 0 N–H and O–H groups in total. The monoisotopic (exact) mass is 454 g/mol. The minimum atomic E-state index is -0.716. The third-order valence-corrected chi connectivity index (χ3v) is 18.2. The lowest BCUT2D eigenvalue weighted by molar-refractivity contribution is 0.495. The van der Waals surface area contributed by atoms with Crippen LogP contribution in [0.4, 0.5) is 0 Å². The van der Waals surface area contributed by atoms with Crippen LogP contribution in [0.2, 0.25) is 0 Å². The maximum absolute atomic E-state index is 7.56. The fourth-order valence-corrected chi connectivity index (χ4v) is 18.6.